The number of aryl methyl sites for hydroxylation is 2. The number of carbonyl (C=O) groups is 2. The summed E-state index contributed by atoms with van der Waals surface area (Å²) in [6.45, 7) is 3.50. The Morgan fingerprint density at radius 1 is 1.05 bits per heavy atom. The summed E-state index contributed by atoms with van der Waals surface area (Å²) in [5.74, 6) is -1.28. The van der Waals surface area contributed by atoms with Crippen molar-refractivity contribution in [3.05, 3.63) is 95.6 Å². The number of anilines is 1. The minimum absolute atomic E-state index is 0.0780. The van der Waals surface area contributed by atoms with Crippen LogP contribution in [0.1, 0.15) is 37.5 Å². The van der Waals surface area contributed by atoms with E-state index < -0.39 is 23.5 Å². The Balaban J connectivity index is 1.52. The molecular weight excluding hydrogens is 607 g/mol. The third kappa shape index (κ3) is 5.21. The van der Waals surface area contributed by atoms with Crippen LogP contribution in [0.3, 0.4) is 0 Å². The van der Waals surface area contributed by atoms with Crippen LogP contribution in [0.2, 0.25) is 15.1 Å². The SMILES string of the molecule is Cc1nc(C)c(C(=O)C2=C(O)C(=O)N(c3nnc(SCc4ccc(Cl)cc4)s3)C2c2ccc(Cl)c(Cl)c2)s1. The number of thioether (sulfide) groups is 1. The highest BCUT2D eigenvalue weighted by molar-refractivity contribution is 8.00. The van der Waals surface area contributed by atoms with E-state index in [0.29, 0.717) is 41.3 Å². The average molecular weight is 624 g/mol. The predicted molar refractivity (Wildman–Crippen MR) is 153 cm³/mol. The van der Waals surface area contributed by atoms with Gasteiger partial charge in [0.15, 0.2) is 10.1 Å². The topological polar surface area (TPSA) is 96.3 Å². The zero-order valence-electron chi connectivity index (χ0n) is 19.7. The van der Waals surface area contributed by atoms with E-state index in [4.69, 9.17) is 34.8 Å². The summed E-state index contributed by atoms with van der Waals surface area (Å²) in [6, 6.07) is 11.3. The van der Waals surface area contributed by atoms with Gasteiger partial charge in [0.2, 0.25) is 10.9 Å². The number of hydrogen-bond acceptors (Lipinski definition) is 9. The number of halogens is 3. The monoisotopic (exact) mass is 622 g/mol. The van der Waals surface area contributed by atoms with Crippen molar-refractivity contribution in [2.24, 2.45) is 0 Å². The van der Waals surface area contributed by atoms with E-state index >= 15 is 0 Å². The Kier molecular flexibility index (Phi) is 7.82. The van der Waals surface area contributed by atoms with Crippen molar-refractivity contribution in [1.29, 1.82) is 0 Å². The Hall–Kier alpha value is -2.47. The van der Waals surface area contributed by atoms with Crippen LogP contribution in [0, 0.1) is 13.8 Å². The fourth-order valence-electron chi connectivity index (χ4n) is 3.98. The van der Waals surface area contributed by atoms with Crippen LogP contribution in [0.5, 0.6) is 0 Å². The molecule has 3 heterocycles. The molecule has 0 saturated heterocycles. The highest BCUT2D eigenvalue weighted by atomic mass is 35.5. The van der Waals surface area contributed by atoms with Crippen LogP contribution in [-0.4, -0.2) is 32.0 Å². The zero-order valence-corrected chi connectivity index (χ0v) is 24.5. The molecule has 0 saturated carbocycles. The van der Waals surface area contributed by atoms with E-state index in [9.17, 15) is 14.7 Å². The van der Waals surface area contributed by atoms with E-state index in [1.807, 2.05) is 24.3 Å². The smallest absolute Gasteiger partial charge is 0.296 e. The first-order valence-corrected chi connectivity index (χ1v) is 14.8. The summed E-state index contributed by atoms with van der Waals surface area (Å²) < 4.78 is 0.615. The molecule has 5 rings (SSSR count). The van der Waals surface area contributed by atoms with Crippen LogP contribution in [-0.2, 0) is 10.5 Å². The standard InChI is InChI=1S/C25H17Cl3N4O3S3/c1-11-22(37-12(2)29-11)20(33)18-19(14-5-8-16(27)17(28)9-14)32(23(35)21(18)34)24-30-31-25(38-24)36-10-13-3-6-15(26)7-4-13/h3-9,19,34H,10H2,1-2H3. The number of aliphatic hydroxyl groups is 1. The molecule has 0 aliphatic carbocycles. The number of rotatable bonds is 7. The fraction of sp³-hybridized carbons (Fsp3) is 0.160. The molecule has 4 aromatic rings. The normalized spacial score (nSPS) is 15.6. The van der Waals surface area contributed by atoms with Crippen molar-refractivity contribution in [3.63, 3.8) is 0 Å². The summed E-state index contributed by atoms with van der Waals surface area (Å²) in [4.78, 5) is 33.1. The minimum atomic E-state index is -0.992. The maximum atomic E-state index is 13.7. The van der Waals surface area contributed by atoms with Crippen molar-refractivity contribution in [2.45, 2.75) is 30.0 Å². The Morgan fingerprint density at radius 2 is 1.79 bits per heavy atom. The fourth-order valence-corrected chi connectivity index (χ4v) is 7.11. The van der Waals surface area contributed by atoms with E-state index in [1.54, 1.807) is 32.0 Å². The number of aliphatic hydroxyl groups excluding tert-OH is 1. The molecule has 1 aliphatic rings. The largest absolute Gasteiger partial charge is 0.503 e. The number of carbonyl (C=O) groups excluding carboxylic acids is 2. The van der Waals surface area contributed by atoms with Crippen LogP contribution in [0.15, 0.2) is 58.1 Å². The molecule has 38 heavy (non-hydrogen) atoms. The number of ketones is 1. The van der Waals surface area contributed by atoms with Gasteiger partial charge in [0.1, 0.15) is 0 Å². The molecule has 0 fully saturated rings. The van der Waals surface area contributed by atoms with Crippen LogP contribution in [0.4, 0.5) is 5.13 Å². The molecule has 1 aliphatic heterocycles. The van der Waals surface area contributed by atoms with Gasteiger partial charge in [0, 0.05) is 10.8 Å². The highest BCUT2D eigenvalue weighted by Crippen LogP contribution is 2.45. The lowest BCUT2D eigenvalue weighted by Gasteiger charge is -2.24. The number of thiazole rings is 1. The third-order valence-electron chi connectivity index (χ3n) is 5.70. The maximum Gasteiger partial charge on any atom is 0.296 e. The molecule has 13 heteroatoms. The highest BCUT2D eigenvalue weighted by Gasteiger charge is 2.46. The van der Waals surface area contributed by atoms with Crippen LogP contribution < -0.4 is 4.90 Å². The molecule has 1 atom stereocenters. The summed E-state index contributed by atoms with van der Waals surface area (Å²) >= 11 is 22.2. The van der Waals surface area contributed by atoms with Gasteiger partial charge in [-0.2, -0.15) is 0 Å². The van der Waals surface area contributed by atoms with E-state index in [0.717, 1.165) is 5.56 Å². The van der Waals surface area contributed by atoms with Crippen molar-refractivity contribution < 1.29 is 14.7 Å². The van der Waals surface area contributed by atoms with Gasteiger partial charge in [-0.05, 0) is 49.2 Å². The Bertz CT molecular complexity index is 1600. The molecule has 1 N–H and O–H groups in total. The van der Waals surface area contributed by atoms with E-state index in [2.05, 4.69) is 15.2 Å². The van der Waals surface area contributed by atoms with Crippen molar-refractivity contribution in [3.8, 4) is 0 Å². The maximum absolute atomic E-state index is 13.7. The summed E-state index contributed by atoms with van der Waals surface area (Å²) in [5.41, 5.74) is 1.98. The molecule has 2 aromatic heterocycles. The number of benzene rings is 2. The molecule has 194 valence electrons. The Morgan fingerprint density at radius 3 is 2.45 bits per heavy atom. The third-order valence-corrected chi connectivity index (χ3v) is 9.89. The Labute approximate surface area is 245 Å². The second-order valence-corrected chi connectivity index (χ2v) is 12.9. The summed E-state index contributed by atoms with van der Waals surface area (Å²) in [5, 5.41) is 21.6. The van der Waals surface area contributed by atoms with Gasteiger partial charge >= 0.3 is 0 Å². The number of Topliss-reactive ketones (excluding diaryl/α,β-unsaturated/α-hetero) is 1. The summed E-state index contributed by atoms with van der Waals surface area (Å²) in [7, 11) is 0. The molecular formula is C25H17Cl3N4O3S3. The van der Waals surface area contributed by atoms with Crippen LogP contribution in [0.25, 0.3) is 0 Å². The lowest BCUT2D eigenvalue weighted by Crippen LogP contribution is -2.31. The van der Waals surface area contributed by atoms with Gasteiger partial charge in [-0.15, -0.1) is 21.5 Å². The second-order valence-electron chi connectivity index (χ2n) is 8.26. The van der Waals surface area contributed by atoms with Gasteiger partial charge in [0.25, 0.3) is 5.91 Å². The van der Waals surface area contributed by atoms with Crippen LogP contribution >= 0.6 is 69.2 Å². The predicted octanol–water partition coefficient (Wildman–Crippen LogP) is 7.65. The summed E-state index contributed by atoms with van der Waals surface area (Å²) in [6.07, 6.45) is 0. The number of amides is 1. The van der Waals surface area contributed by atoms with E-state index in [1.165, 1.54) is 39.3 Å². The zero-order chi connectivity index (χ0) is 27.1. The molecule has 0 bridgehead atoms. The van der Waals surface area contributed by atoms with Gasteiger partial charge in [0.05, 0.1) is 37.2 Å². The van der Waals surface area contributed by atoms with Gasteiger partial charge in [-0.1, -0.05) is 76.1 Å². The number of nitrogens with zero attached hydrogens (tertiary/aromatic N) is 4. The molecule has 0 radical (unpaired) electrons. The van der Waals surface area contributed by atoms with Gasteiger partial charge in [-0.25, -0.2) is 4.98 Å². The molecule has 0 spiro atoms. The van der Waals surface area contributed by atoms with Crippen molar-refractivity contribution >= 4 is 86.1 Å². The number of hydrogen-bond donors (Lipinski definition) is 1. The quantitative estimate of drug-likeness (QED) is 0.128. The number of aromatic nitrogens is 3. The molecule has 1 amide bonds. The minimum Gasteiger partial charge on any atom is -0.503 e. The van der Waals surface area contributed by atoms with Gasteiger partial charge < -0.3 is 5.11 Å². The first-order chi connectivity index (χ1) is 18.1. The second kappa shape index (κ2) is 11.0. The molecule has 7 nitrogen and oxygen atoms in total. The van der Waals surface area contributed by atoms with Crippen molar-refractivity contribution in [1.82, 2.24) is 15.2 Å². The average Bonchev–Trinajstić information content (AvgIpc) is 3.56. The molecule has 1 unspecified atom stereocenters. The first kappa shape index (κ1) is 27.1. The van der Waals surface area contributed by atoms with Crippen molar-refractivity contribution in [2.75, 3.05) is 4.90 Å². The molecule has 2 aromatic carbocycles. The first-order valence-electron chi connectivity index (χ1n) is 11.0. The lowest BCUT2D eigenvalue weighted by atomic mass is 9.95. The van der Waals surface area contributed by atoms with Gasteiger partial charge in [-0.3, -0.25) is 14.5 Å². The van der Waals surface area contributed by atoms with E-state index in [-0.39, 0.29) is 15.7 Å². The lowest BCUT2D eigenvalue weighted by molar-refractivity contribution is -0.117.